The maximum absolute atomic E-state index is 12.9. The SMILES string of the molecule is Cc1cc(C(=O)c2cncc(F)c2)ccn1. The standard InChI is InChI=1S/C12H9FN2O/c1-8-4-9(2-3-15-8)12(16)10-5-11(13)7-14-6-10/h2-7H,1H3. The summed E-state index contributed by atoms with van der Waals surface area (Å²) in [5.41, 5.74) is 1.47. The van der Waals surface area contributed by atoms with Gasteiger partial charge in [0.1, 0.15) is 5.82 Å². The first-order valence-electron chi connectivity index (χ1n) is 4.75. The highest BCUT2D eigenvalue weighted by Crippen LogP contribution is 2.10. The van der Waals surface area contributed by atoms with E-state index in [1.54, 1.807) is 25.3 Å². The fraction of sp³-hybridized carbons (Fsp3) is 0.0833. The van der Waals surface area contributed by atoms with Crippen LogP contribution in [0.2, 0.25) is 0 Å². The molecule has 16 heavy (non-hydrogen) atoms. The van der Waals surface area contributed by atoms with Crippen LogP contribution in [-0.2, 0) is 0 Å². The summed E-state index contributed by atoms with van der Waals surface area (Å²) in [4.78, 5) is 19.5. The number of ketones is 1. The fourth-order valence-electron chi connectivity index (χ4n) is 1.39. The molecule has 0 amide bonds. The highest BCUT2D eigenvalue weighted by atomic mass is 19.1. The molecule has 2 rings (SSSR count). The predicted octanol–water partition coefficient (Wildman–Crippen LogP) is 2.16. The van der Waals surface area contributed by atoms with Crippen LogP contribution < -0.4 is 0 Å². The van der Waals surface area contributed by atoms with E-state index in [4.69, 9.17) is 0 Å². The average molecular weight is 216 g/mol. The Morgan fingerprint density at radius 1 is 1.25 bits per heavy atom. The zero-order valence-corrected chi connectivity index (χ0v) is 8.64. The number of halogens is 1. The summed E-state index contributed by atoms with van der Waals surface area (Å²) < 4.78 is 12.9. The number of carbonyl (C=O) groups excluding carboxylic acids is 1. The molecular formula is C12H9FN2O. The zero-order chi connectivity index (χ0) is 11.5. The van der Waals surface area contributed by atoms with Crippen LogP contribution in [0.25, 0.3) is 0 Å². The summed E-state index contributed by atoms with van der Waals surface area (Å²) in [5, 5.41) is 0. The Morgan fingerprint density at radius 3 is 2.75 bits per heavy atom. The normalized spacial score (nSPS) is 10.1. The molecule has 0 aliphatic rings. The highest BCUT2D eigenvalue weighted by Gasteiger charge is 2.10. The second-order valence-corrected chi connectivity index (χ2v) is 3.41. The molecule has 0 aliphatic carbocycles. The van der Waals surface area contributed by atoms with Gasteiger partial charge in [0, 0.05) is 29.2 Å². The summed E-state index contributed by atoms with van der Waals surface area (Å²) in [6.07, 6.45) is 3.96. The Kier molecular flexibility index (Phi) is 2.72. The van der Waals surface area contributed by atoms with Gasteiger partial charge in [0.25, 0.3) is 0 Å². The molecule has 3 nitrogen and oxygen atoms in total. The molecule has 2 aromatic heterocycles. The molecule has 0 bridgehead atoms. The Balaban J connectivity index is 2.39. The van der Waals surface area contributed by atoms with Crippen LogP contribution in [0.4, 0.5) is 4.39 Å². The van der Waals surface area contributed by atoms with E-state index in [1.807, 2.05) is 0 Å². The first kappa shape index (κ1) is 10.4. The van der Waals surface area contributed by atoms with Crippen LogP contribution in [0.1, 0.15) is 21.6 Å². The van der Waals surface area contributed by atoms with E-state index in [9.17, 15) is 9.18 Å². The van der Waals surface area contributed by atoms with Crippen molar-refractivity contribution in [2.45, 2.75) is 6.92 Å². The Hall–Kier alpha value is -2.10. The second-order valence-electron chi connectivity index (χ2n) is 3.41. The first-order chi connectivity index (χ1) is 7.66. The van der Waals surface area contributed by atoms with Crippen LogP contribution in [0.5, 0.6) is 0 Å². The number of aromatic nitrogens is 2. The minimum absolute atomic E-state index is 0.241. The molecule has 0 unspecified atom stereocenters. The van der Waals surface area contributed by atoms with Gasteiger partial charge in [0.2, 0.25) is 0 Å². The molecule has 0 aliphatic heterocycles. The third-order valence-electron chi connectivity index (χ3n) is 2.13. The number of hydrogen-bond acceptors (Lipinski definition) is 3. The maximum atomic E-state index is 12.9. The highest BCUT2D eigenvalue weighted by molar-refractivity contribution is 6.08. The van der Waals surface area contributed by atoms with Crippen molar-refractivity contribution >= 4 is 5.78 Å². The quantitative estimate of drug-likeness (QED) is 0.722. The molecule has 0 fully saturated rings. The molecule has 0 N–H and O–H groups in total. The molecule has 0 saturated carbocycles. The lowest BCUT2D eigenvalue weighted by Gasteiger charge is -2.01. The molecular weight excluding hydrogens is 207 g/mol. The fourth-order valence-corrected chi connectivity index (χ4v) is 1.39. The van der Waals surface area contributed by atoms with Gasteiger partial charge in [0.15, 0.2) is 5.78 Å². The Morgan fingerprint density at radius 2 is 2.06 bits per heavy atom. The van der Waals surface area contributed by atoms with Gasteiger partial charge < -0.3 is 0 Å². The second kappa shape index (κ2) is 4.18. The summed E-state index contributed by atoms with van der Waals surface area (Å²) in [7, 11) is 0. The van der Waals surface area contributed by atoms with E-state index in [0.717, 1.165) is 11.9 Å². The molecule has 0 saturated heterocycles. The molecule has 0 atom stereocenters. The van der Waals surface area contributed by atoms with E-state index in [0.29, 0.717) is 5.56 Å². The van der Waals surface area contributed by atoms with Crippen molar-refractivity contribution in [3.8, 4) is 0 Å². The number of hydrogen-bond donors (Lipinski definition) is 0. The smallest absolute Gasteiger partial charge is 0.194 e. The van der Waals surface area contributed by atoms with Crippen LogP contribution in [0.3, 0.4) is 0 Å². The van der Waals surface area contributed by atoms with Crippen molar-refractivity contribution in [3.05, 3.63) is 59.4 Å². The summed E-state index contributed by atoms with van der Waals surface area (Å²) in [6, 6.07) is 4.43. The van der Waals surface area contributed by atoms with E-state index >= 15 is 0 Å². The van der Waals surface area contributed by atoms with Gasteiger partial charge in [-0.2, -0.15) is 0 Å². The van der Waals surface area contributed by atoms with Gasteiger partial charge in [0.05, 0.1) is 6.20 Å². The molecule has 0 spiro atoms. The number of carbonyl (C=O) groups is 1. The summed E-state index contributed by atoms with van der Waals surface area (Å²) in [5.74, 6) is -0.769. The summed E-state index contributed by atoms with van der Waals surface area (Å²) >= 11 is 0. The van der Waals surface area contributed by atoms with E-state index in [2.05, 4.69) is 9.97 Å². The lowest BCUT2D eigenvalue weighted by atomic mass is 10.1. The number of aryl methyl sites for hydroxylation is 1. The number of rotatable bonds is 2. The van der Waals surface area contributed by atoms with Gasteiger partial charge in [-0.1, -0.05) is 0 Å². The van der Waals surface area contributed by atoms with Gasteiger partial charge in [-0.05, 0) is 25.1 Å². The van der Waals surface area contributed by atoms with E-state index in [-0.39, 0.29) is 11.3 Å². The lowest BCUT2D eigenvalue weighted by Crippen LogP contribution is -2.03. The van der Waals surface area contributed by atoms with Crippen LogP contribution in [-0.4, -0.2) is 15.8 Å². The van der Waals surface area contributed by atoms with Crippen LogP contribution in [0.15, 0.2) is 36.8 Å². The average Bonchev–Trinajstić information content (AvgIpc) is 2.28. The van der Waals surface area contributed by atoms with Crippen molar-refractivity contribution < 1.29 is 9.18 Å². The van der Waals surface area contributed by atoms with Gasteiger partial charge >= 0.3 is 0 Å². The molecule has 80 valence electrons. The molecule has 0 radical (unpaired) electrons. The zero-order valence-electron chi connectivity index (χ0n) is 8.64. The Labute approximate surface area is 92.0 Å². The number of nitrogens with zero attached hydrogens (tertiary/aromatic N) is 2. The van der Waals surface area contributed by atoms with Crippen molar-refractivity contribution in [3.63, 3.8) is 0 Å². The third kappa shape index (κ3) is 2.11. The van der Waals surface area contributed by atoms with E-state index in [1.165, 1.54) is 12.3 Å². The van der Waals surface area contributed by atoms with Crippen molar-refractivity contribution in [1.82, 2.24) is 9.97 Å². The first-order valence-corrected chi connectivity index (χ1v) is 4.75. The van der Waals surface area contributed by atoms with Gasteiger partial charge in [-0.15, -0.1) is 0 Å². The molecule has 4 heteroatoms. The largest absolute Gasteiger partial charge is 0.289 e. The van der Waals surface area contributed by atoms with Crippen molar-refractivity contribution in [2.24, 2.45) is 0 Å². The third-order valence-corrected chi connectivity index (χ3v) is 2.13. The van der Waals surface area contributed by atoms with E-state index < -0.39 is 5.82 Å². The van der Waals surface area contributed by atoms with Gasteiger partial charge in [-0.25, -0.2) is 4.39 Å². The van der Waals surface area contributed by atoms with Crippen molar-refractivity contribution in [2.75, 3.05) is 0 Å². The lowest BCUT2D eigenvalue weighted by molar-refractivity contribution is 0.103. The topological polar surface area (TPSA) is 42.9 Å². The minimum atomic E-state index is -0.517. The minimum Gasteiger partial charge on any atom is -0.289 e. The molecule has 2 heterocycles. The van der Waals surface area contributed by atoms with Gasteiger partial charge in [-0.3, -0.25) is 14.8 Å². The number of pyridine rings is 2. The Bertz CT molecular complexity index is 493. The monoisotopic (exact) mass is 216 g/mol. The van der Waals surface area contributed by atoms with Crippen LogP contribution in [0, 0.1) is 12.7 Å². The maximum Gasteiger partial charge on any atom is 0.194 e. The predicted molar refractivity (Wildman–Crippen MR) is 56.6 cm³/mol. The van der Waals surface area contributed by atoms with Crippen LogP contribution >= 0.6 is 0 Å². The van der Waals surface area contributed by atoms with Crippen molar-refractivity contribution in [1.29, 1.82) is 0 Å². The molecule has 0 aromatic carbocycles. The summed E-state index contributed by atoms with van der Waals surface area (Å²) in [6.45, 7) is 1.79. The molecule has 2 aromatic rings.